The normalized spacial score (nSPS) is 15.3. The fourth-order valence-electron chi connectivity index (χ4n) is 2.13. The number of hydrogen-bond acceptors (Lipinski definition) is 6. The first-order valence-electron chi connectivity index (χ1n) is 6.69. The van der Waals surface area contributed by atoms with E-state index in [-0.39, 0.29) is 0 Å². The highest BCUT2D eigenvalue weighted by atomic mass is 16.5. The number of hydrogen-bond donors (Lipinski definition) is 1. The van der Waals surface area contributed by atoms with Crippen molar-refractivity contribution in [3.8, 4) is 0 Å². The van der Waals surface area contributed by atoms with E-state index in [9.17, 15) is 0 Å². The highest BCUT2D eigenvalue weighted by Gasteiger charge is 2.11. The van der Waals surface area contributed by atoms with Crippen molar-refractivity contribution in [1.29, 1.82) is 0 Å². The summed E-state index contributed by atoms with van der Waals surface area (Å²) in [5.41, 5.74) is 2.02. The summed E-state index contributed by atoms with van der Waals surface area (Å²) in [7, 11) is 1.88. The van der Waals surface area contributed by atoms with Crippen LogP contribution in [0.25, 0.3) is 0 Å². The minimum absolute atomic E-state index is 0.683. The summed E-state index contributed by atoms with van der Waals surface area (Å²) in [5, 5.41) is 11.1. The number of morpholine rings is 1. The van der Waals surface area contributed by atoms with Crippen LogP contribution in [0, 0.1) is 0 Å². The van der Waals surface area contributed by atoms with Gasteiger partial charge in [0.2, 0.25) is 0 Å². The van der Waals surface area contributed by atoms with E-state index in [2.05, 4.69) is 25.5 Å². The minimum atomic E-state index is 0.683. The third-order valence-electron chi connectivity index (χ3n) is 3.36. The van der Waals surface area contributed by atoms with Crippen molar-refractivity contribution in [2.45, 2.75) is 6.54 Å². The van der Waals surface area contributed by atoms with Crippen LogP contribution in [0.5, 0.6) is 0 Å². The van der Waals surface area contributed by atoms with Crippen molar-refractivity contribution in [2.24, 2.45) is 7.05 Å². The third-order valence-corrected chi connectivity index (χ3v) is 3.36. The van der Waals surface area contributed by atoms with Crippen molar-refractivity contribution < 1.29 is 4.74 Å². The first-order chi connectivity index (χ1) is 9.83. The second-order valence-electron chi connectivity index (χ2n) is 4.71. The molecule has 0 radical (unpaired) electrons. The Balaban J connectivity index is 1.59. The van der Waals surface area contributed by atoms with E-state index in [0.717, 1.165) is 43.5 Å². The van der Waals surface area contributed by atoms with E-state index in [1.165, 1.54) is 0 Å². The van der Waals surface area contributed by atoms with E-state index < -0.39 is 0 Å². The zero-order valence-corrected chi connectivity index (χ0v) is 11.5. The molecule has 7 heteroatoms. The van der Waals surface area contributed by atoms with Gasteiger partial charge in [0.15, 0.2) is 0 Å². The molecule has 1 fully saturated rings. The van der Waals surface area contributed by atoms with Gasteiger partial charge in [0.1, 0.15) is 5.82 Å². The van der Waals surface area contributed by atoms with Gasteiger partial charge in [0.05, 0.1) is 43.5 Å². The van der Waals surface area contributed by atoms with E-state index in [1.807, 2.05) is 25.4 Å². The highest BCUT2D eigenvalue weighted by Crippen LogP contribution is 2.15. The third kappa shape index (κ3) is 2.88. The standard InChI is InChI=1S/C13H18N6O/c1-18-12(10-16-17-18)9-14-11-2-3-13(15-8-11)19-4-6-20-7-5-19/h2-3,8,10,14H,4-7,9H2,1H3. The molecule has 7 nitrogen and oxygen atoms in total. The lowest BCUT2D eigenvalue weighted by atomic mass is 10.3. The summed E-state index contributed by atoms with van der Waals surface area (Å²) in [6, 6.07) is 4.08. The molecular formula is C13H18N6O. The second kappa shape index (κ2) is 5.87. The number of aryl methyl sites for hydroxylation is 1. The lowest BCUT2D eigenvalue weighted by Gasteiger charge is -2.27. The lowest BCUT2D eigenvalue weighted by molar-refractivity contribution is 0.122. The maximum Gasteiger partial charge on any atom is 0.128 e. The summed E-state index contributed by atoms with van der Waals surface area (Å²) in [6.07, 6.45) is 3.61. The molecule has 20 heavy (non-hydrogen) atoms. The van der Waals surface area contributed by atoms with Gasteiger partial charge in [-0.15, -0.1) is 5.10 Å². The Morgan fingerprint density at radius 3 is 2.75 bits per heavy atom. The Hall–Kier alpha value is -2.15. The quantitative estimate of drug-likeness (QED) is 0.883. The molecule has 0 atom stereocenters. The smallest absolute Gasteiger partial charge is 0.128 e. The summed E-state index contributed by atoms with van der Waals surface area (Å²) < 4.78 is 7.09. The largest absolute Gasteiger partial charge is 0.378 e. The van der Waals surface area contributed by atoms with E-state index in [4.69, 9.17) is 4.74 Å². The van der Waals surface area contributed by atoms with Crippen LogP contribution >= 0.6 is 0 Å². The van der Waals surface area contributed by atoms with Crippen molar-refractivity contribution >= 4 is 11.5 Å². The summed E-state index contributed by atoms with van der Waals surface area (Å²) in [5.74, 6) is 1.00. The SMILES string of the molecule is Cn1nncc1CNc1ccc(N2CCOCC2)nc1. The van der Waals surface area contributed by atoms with Gasteiger partial charge in [0.25, 0.3) is 0 Å². The maximum absolute atomic E-state index is 5.34. The average Bonchev–Trinajstić information content (AvgIpc) is 2.92. The Bertz CT molecular complexity index is 546. The molecule has 0 amide bonds. The fraction of sp³-hybridized carbons (Fsp3) is 0.462. The van der Waals surface area contributed by atoms with Gasteiger partial charge >= 0.3 is 0 Å². The molecule has 2 aromatic rings. The zero-order chi connectivity index (χ0) is 13.8. The van der Waals surface area contributed by atoms with Crippen LogP contribution in [-0.4, -0.2) is 46.3 Å². The van der Waals surface area contributed by atoms with Crippen molar-refractivity contribution in [3.05, 3.63) is 30.2 Å². The van der Waals surface area contributed by atoms with Gasteiger partial charge in [-0.05, 0) is 12.1 Å². The van der Waals surface area contributed by atoms with E-state index in [0.29, 0.717) is 6.54 Å². The maximum atomic E-state index is 5.34. The molecule has 2 aromatic heterocycles. The second-order valence-corrected chi connectivity index (χ2v) is 4.71. The average molecular weight is 274 g/mol. The van der Waals surface area contributed by atoms with Gasteiger partial charge in [-0.3, -0.25) is 4.68 Å². The summed E-state index contributed by atoms with van der Waals surface area (Å²) >= 11 is 0. The Kier molecular flexibility index (Phi) is 3.78. The van der Waals surface area contributed by atoms with Crippen LogP contribution < -0.4 is 10.2 Å². The van der Waals surface area contributed by atoms with Crippen molar-refractivity contribution in [1.82, 2.24) is 20.0 Å². The monoisotopic (exact) mass is 274 g/mol. The van der Waals surface area contributed by atoms with Gasteiger partial charge < -0.3 is 15.0 Å². The molecule has 106 valence electrons. The molecule has 1 N–H and O–H groups in total. The van der Waals surface area contributed by atoms with Crippen molar-refractivity contribution in [3.63, 3.8) is 0 Å². The fourth-order valence-corrected chi connectivity index (χ4v) is 2.13. The van der Waals surface area contributed by atoms with Crippen LogP contribution in [0.4, 0.5) is 11.5 Å². The Labute approximate surface area is 117 Å². The van der Waals surface area contributed by atoms with Crippen LogP contribution in [0.15, 0.2) is 24.5 Å². The molecule has 1 aliphatic rings. The van der Waals surface area contributed by atoms with Gasteiger partial charge in [0, 0.05) is 20.1 Å². The lowest BCUT2D eigenvalue weighted by Crippen LogP contribution is -2.36. The molecule has 0 aliphatic carbocycles. The molecule has 1 saturated heterocycles. The zero-order valence-electron chi connectivity index (χ0n) is 11.5. The summed E-state index contributed by atoms with van der Waals surface area (Å²) in [4.78, 5) is 6.73. The Morgan fingerprint density at radius 2 is 2.10 bits per heavy atom. The van der Waals surface area contributed by atoms with Crippen molar-refractivity contribution in [2.75, 3.05) is 36.5 Å². The molecule has 0 saturated carbocycles. The summed E-state index contributed by atoms with van der Waals surface area (Å²) in [6.45, 7) is 4.04. The molecule has 0 aromatic carbocycles. The van der Waals surface area contributed by atoms with E-state index >= 15 is 0 Å². The van der Waals surface area contributed by atoms with Crippen LogP contribution in [0.1, 0.15) is 5.69 Å². The van der Waals surface area contributed by atoms with Gasteiger partial charge in [-0.2, -0.15) is 0 Å². The number of anilines is 2. The molecular weight excluding hydrogens is 256 g/mol. The number of aromatic nitrogens is 4. The number of ether oxygens (including phenoxy) is 1. The van der Waals surface area contributed by atoms with Gasteiger partial charge in [-0.25, -0.2) is 4.98 Å². The molecule has 3 heterocycles. The van der Waals surface area contributed by atoms with E-state index in [1.54, 1.807) is 10.9 Å². The topological polar surface area (TPSA) is 68.1 Å². The predicted molar refractivity (Wildman–Crippen MR) is 75.6 cm³/mol. The highest BCUT2D eigenvalue weighted by molar-refractivity contribution is 5.48. The minimum Gasteiger partial charge on any atom is -0.378 e. The van der Waals surface area contributed by atoms with Crippen LogP contribution in [-0.2, 0) is 18.3 Å². The number of rotatable bonds is 4. The molecule has 0 bridgehead atoms. The molecule has 0 unspecified atom stereocenters. The number of pyridine rings is 1. The first kappa shape index (κ1) is 12.9. The van der Waals surface area contributed by atoms with Crippen LogP contribution in [0.2, 0.25) is 0 Å². The molecule has 0 spiro atoms. The predicted octanol–water partition coefficient (Wildman–Crippen LogP) is 0.659. The first-order valence-corrected chi connectivity index (χ1v) is 6.69. The number of nitrogens with one attached hydrogen (secondary N) is 1. The molecule has 1 aliphatic heterocycles. The van der Waals surface area contributed by atoms with Gasteiger partial charge in [-0.1, -0.05) is 5.21 Å². The number of nitrogens with zero attached hydrogens (tertiary/aromatic N) is 5. The van der Waals surface area contributed by atoms with Crippen LogP contribution in [0.3, 0.4) is 0 Å². The molecule has 3 rings (SSSR count). The Morgan fingerprint density at radius 1 is 1.25 bits per heavy atom.